The van der Waals surface area contributed by atoms with E-state index in [4.69, 9.17) is 5.11 Å². The van der Waals surface area contributed by atoms with Crippen LogP contribution in [0.1, 0.15) is 46.5 Å². The molecule has 0 aromatic heterocycles. The van der Waals surface area contributed by atoms with Crippen molar-refractivity contribution in [1.29, 1.82) is 0 Å². The zero-order valence-corrected chi connectivity index (χ0v) is 12.4. The lowest BCUT2D eigenvalue weighted by Crippen LogP contribution is -2.22. The van der Waals surface area contributed by atoms with Crippen molar-refractivity contribution in [3.63, 3.8) is 0 Å². The van der Waals surface area contributed by atoms with E-state index < -0.39 is 5.97 Å². The molecule has 1 N–H and O–H groups in total. The predicted octanol–water partition coefficient (Wildman–Crippen LogP) is 3.63. The first-order chi connectivity index (χ1) is 8.01. The average Bonchev–Trinajstić information content (AvgIpc) is 2.33. The Morgan fingerprint density at radius 2 is 2.00 bits per heavy atom. The molecule has 0 rings (SSSR count). The van der Waals surface area contributed by atoms with Crippen LogP contribution in [0.3, 0.4) is 0 Å². The minimum atomic E-state index is -0.746. The van der Waals surface area contributed by atoms with E-state index >= 15 is 0 Å². The molecular formula is C12H22O3S2. The molecule has 0 saturated carbocycles. The third kappa shape index (κ3) is 6.36. The van der Waals surface area contributed by atoms with E-state index in [0.717, 1.165) is 25.5 Å². The molecule has 17 heavy (non-hydrogen) atoms. The lowest BCUT2D eigenvalue weighted by molar-refractivity contribution is -0.140. The minimum absolute atomic E-state index is 0.115. The maximum Gasteiger partial charge on any atom is 0.307 e. The number of aldehydes is 1. The molecule has 0 radical (unpaired) electrons. The van der Waals surface area contributed by atoms with E-state index in [1.807, 2.05) is 0 Å². The summed E-state index contributed by atoms with van der Waals surface area (Å²) in [7, 11) is 3.37. The Hall–Kier alpha value is -0.160. The van der Waals surface area contributed by atoms with Gasteiger partial charge in [0.05, 0.1) is 5.92 Å². The van der Waals surface area contributed by atoms with Gasteiger partial charge >= 0.3 is 5.97 Å². The van der Waals surface area contributed by atoms with Crippen molar-refractivity contribution in [1.82, 2.24) is 0 Å². The first-order valence-corrected chi connectivity index (χ1v) is 8.30. The average molecular weight is 278 g/mol. The second-order valence-electron chi connectivity index (χ2n) is 4.20. The molecule has 0 amide bonds. The van der Waals surface area contributed by atoms with Gasteiger partial charge in [0, 0.05) is 16.9 Å². The van der Waals surface area contributed by atoms with Gasteiger partial charge in [-0.3, -0.25) is 4.79 Å². The number of carbonyl (C=O) groups is 2. The van der Waals surface area contributed by atoms with Gasteiger partial charge in [0.15, 0.2) is 0 Å². The summed E-state index contributed by atoms with van der Waals surface area (Å²) in [6.07, 6.45) is 4.45. The fourth-order valence-electron chi connectivity index (χ4n) is 1.42. The van der Waals surface area contributed by atoms with E-state index in [-0.39, 0.29) is 10.7 Å². The molecule has 0 saturated heterocycles. The predicted molar refractivity (Wildman–Crippen MR) is 75.5 cm³/mol. The molecule has 0 aliphatic rings. The Bertz CT molecular complexity index is 240. The number of carbonyl (C=O) groups excluding carboxylic acids is 1. The normalized spacial score (nSPS) is 13.4. The van der Waals surface area contributed by atoms with Crippen molar-refractivity contribution in [2.75, 3.05) is 5.75 Å². The summed E-state index contributed by atoms with van der Waals surface area (Å²) in [5.74, 6) is -0.447. The van der Waals surface area contributed by atoms with Crippen molar-refractivity contribution < 1.29 is 14.7 Å². The molecule has 0 heterocycles. The van der Waals surface area contributed by atoms with Crippen LogP contribution in [0.15, 0.2) is 0 Å². The van der Waals surface area contributed by atoms with Gasteiger partial charge in [-0.25, -0.2) is 0 Å². The van der Waals surface area contributed by atoms with E-state index in [1.54, 1.807) is 28.5 Å². The Morgan fingerprint density at radius 1 is 1.41 bits per heavy atom. The largest absolute Gasteiger partial charge is 0.481 e. The van der Waals surface area contributed by atoms with Crippen molar-refractivity contribution >= 4 is 33.8 Å². The number of carboxylic acids is 1. The summed E-state index contributed by atoms with van der Waals surface area (Å²) >= 11 is 0. The zero-order valence-electron chi connectivity index (χ0n) is 10.8. The monoisotopic (exact) mass is 278 g/mol. The van der Waals surface area contributed by atoms with Crippen LogP contribution in [0.4, 0.5) is 0 Å². The van der Waals surface area contributed by atoms with Crippen molar-refractivity contribution in [3.8, 4) is 0 Å². The Labute approximate surface area is 112 Å². The third-order valence-corrected chi connectivity index (χ3v) is 6.69. The van der Waals surface area contributed by atoms with Crippen LogP contribution in [0.5, 0.6) is 0 Å². The van der Waals surface area contributed by atoms with Gasteiger partial charge in [0.25, 0.3) is 0 Å². The Balaban J connectivity index is 4.16. The van der Waals surface area contributed by atoms with Gasteiger partial charge in [-0.2, -0.15) is 0 Å². The first kappa shape index (κ1) is 16.8. The highest BCUT2D eigenvalue weighted by atomic mass is 33.1. The quantitative estimate of drug-likeness (QED) is 0.488. The van der Waals surface area contributed by atoms with Gasteiger partial charge in [0.2, 0.25) is 0 Å². The van der Waals surface area contributed by atoms with E-state index in [2.05, 4.69) is 13.8 Å². The molecule has 3 nitrogen and oxygen atoms in total. The highest BCUT2D eigenvalue weighted by Crippen LogP contribution is 2.44. The van der Waals surface area contributed by atoms with Crippen molar-refractivity contribution in [2.24, 2.45) is 5.92 Å². The summed E-state index contributed by atoms with van der Waals surface area (Å²) in [4.78, 5) is 21.2. The number of aliphatic carboxylic acids is 1. The molecule has 1 atom stereocenters. The molecule has 0 unspecified atom stereocenters. The number of hydrogen-bond donors (Lipinski definition) is 1. The summed E-state index contributed by atoms with van der Waals surface area (Å²) in [6, 6.07) is 0. The van der Waals surface area contributed by atoms with E-state index in [9.17, 15) is 9.59 Å². The van der Waals surface area contributed by atoms with Gasteiger partial charge in [-0.1, -0.05) is 42.4 Å². The highest BCUT2D eigenvalue weighted by molar-refractivity contribution is 8.77. The van der Waals surface area contributed by atoms with Crippen LogP contribution in [0.25, 0.3) is 0 Å². The van der Waals surface area contributed by atoms with Gasteiger partial charge < -0.3 is 9.90 Å². The molecule has 0 fully saturated rings. The zero-order chi connectivity index (χ0) is 13.3. The molecule has 100 valence electrons. The van der Waals surface area contributed by atoms with Crippen LogP contribution in [0.2, 0.25) is 0 Å². The minimum Gasteiger partial charge on any atom is -0.481 e. The fourth-order valence-corrected chi connectivity index (χ4v) is 5.04. The lowest BCUT2D eigenvalue weighted by atomic mass is 9.97. The van der Waals surface area contributed by atoms with Gasteiger partial charge in [-0.05, 0) is 19.3 Å². The van der Waals surface area contributed by atoms with E-state index in [1.165, 1.54) is 0 Å². The summed E-state index contributed by atoms with van der Waals surface area (Å²) in [5, 5.41) is 8.80. The molecule has 0 spiro atoms. The maximum absolute atomic E-state index is 10.7. The number of hydrogen-bond acceptors (Lipinski definition) is 4. The topological polar surface area (TPSA) is 54.4 Å². The van der Waals surface area contributed by atoms with Crippen LogP contribution < -0.4 is 0 Å². The third-order valence-electron chi connectivity index (χ3n) is 2.98. The van der Waals surface area contributed by atoms with Crippen LogP contribution in [0, 0.1) is 5.92 Å². The van der Waals surface area contributed by atoms with Crippen LogP contribution in [-0.4, -0.2) is 27.9 Å². The smallest absolute Gasteiger partial charge is 0.307 e. The second-order valence-corrected chi connectivity index (χ2v) is 7.01. The Morgan fingerprint density at radius 3 is 2.41 bits per heavy atom. The standard InChI is InChI=1S/C12H22O3S2/c1-4-12(5-2,7-6-8-13)17-16-9-10(3)11(14)15/h8,10H,4-7,9H2,1-3H3,(H,14,15)/t10-/m0/s1. The molecule has 0 bridgehead atoms. The first-order valence-electron chi connectivity index (χ1n) is 5.98. The summed E-state index contributed by atoms with van der Waals surface area (Å²) in [6.45, 7) is 5.98. The van der Waals surface area contributed by atoms with Crippen LogP contribution in [-0.2, 0) is 9.59 Å². The molecule has 0 aromatic rings. The highest BCUT2D eigenvalue weighted by Gasteiger charge is 2.27. The lowest BCUT2D eigenvalue weighted by Gasteiger charge is -2.30. The summed E-state index contributed by atoms with van der Waals surface area (Å²) < 4.78 is 0.115. The molecule has 0 aromatic carbocycles. The fraction of sp³-hybridized carbons (Fsp3) is 0.833. The Kier molecular flexibility index (Phi) is 8.78. The molecule has 0 aliphatic heterocycles. The summed E-state index contributed by atoms with van der Waals surface area (Å²) in [5.41, 5.74) is 0. The van der Waals surface area contributed by atoms with Gasteiger partial charge in [-0.15, -0.1) is 0 Å². The van der Waals surface area contributed by atoms with Crippen molar-refractivity contribution in [2.45, 2.75) is 51.2 Å². The molecular weight excluding hydrogens is 256 g/mol. The molecule has 0 aliphatic carbocycles. The number of carboxylic acid groups (broad SMARTS) is 1. The van der Waals surface area contributed by atoms with E-state index in [0.29, 0.717) is 12.2 Å². The van der Waals surface area contributed by atoms with Crippen LogP contribution >= 0.6 is 21.6 Å². The maximum atomic E-state index is 10.7. The van der Waals surface area contributed by atoms with Gasteiger partial charge in [0.1, 0.15) is 6.29 Å². The molecule has 5 heteroatoms. The second kappa shape index (κ2) is 8.86. The van der Waals surface area contributed by atoms with Crippen molar-refractivity contribution in [3.05, 3.63) is 0 Å². The number of rotatable bonds is 10. The SMILES string of the molecule is CCC(CC)(CCC=O)SSC[C@H](C)C(=O)O.